The number of carbonyl (C=O) groups is 1. The van der Waals surface area contributed by atoms with Gasteiger partial charge in [0.1, 0.15) is 22.7 Å². The molecule has 0 unspecified atom stereocenters. The maximum absolute atomic E-state index is 12.9. The third-order valence-corrected chi connectivity index (χ3v) is 5.39. The van der Waals surface area contributed by atoms with E-state index >= 15 is 0 Å². The number of aromatic hydroxyl groups is 1. The van der Waals surface area contributed by atoms with Crippen LogP contribution in [-0.2, 0) is 11.3 Å². The summed E-state index contributed by atoms with van der Waals surface area (Å²) in [5, 5.41) is 21.0. The second-order valence-corrected chi connectivity index (χ2v) is 7.34. The van der Waals surface area contributed by atoms with Crippen molar-refractivity contribution < 1.29 is 24.2 Å². The molecule has 4 rings (SSSR count). The van der Waals surface area contributed by atoms with Crippen molar-refractivity contribution in [3.63, 3.8) is 0 Å². The van der Waals surface area contributed by atoms with Crippen molar-refractivity contribution in [2.24, 2.45) is 0 Å². The predicted octanol–water partition coefficient (Wildman–Crippen LogP) is 3.94. The summed E-state index contributed by atoms with van der Waals surface area (Å²) in [5.41, 5.74) is 2.30. The Morgan fingerprint density at radius 3 is 2.59 bits per heavy atom. The van der Waals surface area contributed by atoms with Crippen LogP contribution in [0.1, 0.15) is 35.7 Å². The number of likely N-dealkylation sites (tertiary alicyclic amines) is 1. The number of ether oxygens (including phenoxy) is 1. The van der Waals surface area contributed by atoms with Crippen LogP contribution in [0.4, 0.5) is 0 Å². The van der Waals surface area contributed by atoms with Crippen molar-refractivity contribution in [2.75, 3.05) is 19.7 Å². The number of benzene rings is 2. The topological polar surface area (TPSA) is 83.1 Å². The summed E-state index contributed by atoms with van der Waals surface area (Å²) in [7, 11) is 0. The Labute approximate surface area is 169 Å². The number of phenolic OH excluding ortho intramolecular Hbond substituents is 1. The van der Waals surface area contributed by atoms with Gasteiger partial charge in [-0.25, -0.2) is 4.79 Å². The van der Waals surface area contributed by atoms with Crippen molar-refractivity contribution in [1.29, 1.82) is 0 Å². The Morgan fingerprint density at radius 1 is 1.17 bits per heavy atom. The maximum atomic E-state index is 12.9. The third kappa shape index (κ3) is 3.86. The van der Waals surface area contributed by atoms with E-state index in [0.717, 1.165) is 18.7 Å². The van der Waals surface area contributed by atoms with Crippen LogP contribution in [0.25, 0.3) is 22.3 Å². The quantitative estimate of drug-likeness (QED) is 0.637. The summed E-state index contributed by atoms with van der Waals surface area (Å²) in [4.78, 5) is 15.1. The molecule has 3 aromatic rings. The molecule has 1 saturated heterocycles. The van der Waals surface area contributed by atoms with Crippen molar-refractivity contribution >= 4 is 16.9 Å². The standard InChI is InChI=1S/C23H25NO5/c1-2-28-23(27)21-20-17(14-24-12-10-16(25)11-13-24)18(26)8-9-19(20)29-22(21)15-6-4-3-5-7-15/h3-9,16,25-26H,2,10-14H2,1H3. The van der Waals surface area contributed by atoms with Gasteiger partial charge in [0, 0.05) is 36.1 Å². The average molecular weight is 395 g/mol. The van der Waals surface area contributed by atoms with Gasteiger partial charge in [-0.15, -0.1) is 0 Å². The third-order valence-electron chi connectivity index (χ3n) is 5.39. The number of hydrogen-bond acceptors (Lipinski definition) is 6. The van der Waals surface area contributed by atoms with Crippen LogP contribution in [0.15, 0.2) is 46.9 Å². The van der Waals surface area contributed by atoms with E-state index in [1.807, 2.05) is 30.3 Å². The molecule has 152 valence electrons. The van der Waals surface area contributed by atoms with Gasteiger partial charge in [-0.3, -0.25) is 4.90 Å². The SMILES string of the molecule is CCOC(=O)c1c(-c2ccccc2)oc2ccc(O)c(CN3CCC(O)CC3)c12. The highest BCUT2D eigenvalue weighted by Gasteiger charge is 2.28. The van der Waals surface area contributed by atoms with Gasteiger partial charge in [0.15, 0.2) is 0 Å². The van der Waals surface area contributed by atoms with Crippen LogP contribution < -0.4 is 0 Å². The molecule has 29 heavy (non-hydrogen) atoms. The Bertz CT molecular complexity index is 1000. The summed E-state index contributed by atoms with van der Waals surface area (Å²) < 4.78 is 11.4. The number of rotatable bonds is 5. The number of carbonyl (C=O) groups excluding carboxylic acids is 1. The number of aliphatic hydroxyl groups excluding tert-OH is 1. The molecule has 0 amide bonds. The van der Waals surface area contributed by atoms with Crippen molar-refractivity contribution in [3.8, 4) is 17.1 Å². The lowest BCUT2D eigenvalue weighted by Crippen LogP contribution is -2.35. The van der Waals surface area contributed by atoms with E-state index in [1.54, 1.807) is 19.1 Å². The molecule has 0 radical (unpaired) electrons. The largest absolute Gasteiger partial charge is 0.508 e. The molecule has 0 aliphatic carbocycles. The van der Waals surface area contributed by atoms with Crippen LogP contribution in [0.2, 0.25) is 0 Å². The number of piperidine rings is 1. The second kappa shape index (κ2) is 8.27. The smallest absolute Gasteiger partial charge is 0.342 e. The molecule has 1 aromatic heterocycles. The Kier molecular flexibility index (Phi) is 5.56. The number of furan rings is 1. The van der Waals surface area contributed by atoms with E-state index in [1.165, 1.54) is 0 Å². The van der Waals surface area contributed by atoms with E-state index in [0.29, 0.717) is 47.2 Å². The summed E-state index contributed by atoms with van der Waals surface area (Å²) in [5.74, 6) is 0.0977. The summed E-state index contributed by atoms with van der Waals surface area (Å²) in [6, 6.07) is 12.7. The van der Waals surface area contributed by atoms with Crippen molar-refractivity contribution in [1.82, 2.24) is 4.90 Å². The highest BCUT2D eigenvalue weighted by Crippen LogP contribution is 2.39. The summed E-state index contributed by atoms with van der Waals surface area (Å²) in [6.45, 7) is 3.94. The number of aliphatic hydroxyl groups is 1. The minimum atomic E-state index is -0.467. The van der Waals surface area contributed by atoms with Crippen LogP contribution in [0.5, 0.6) is 5.75 Å². The molecule has 0 atom stereocenters. The van der Waals surface area contributed by atoms with Crippen LogP contribution in [0.3, 0.4) is 0 Å². The minimum absolute atomic E-state index is 0.120. The fourth-order valence-electron chi connectivity index (χ4n) is 3.90. The van der Waals surface area contributed by atoms with E-state index < -0.39 is 5.97 Å². The van der Waals surface area contributed by atoms with Gasteiger partial charge in [-0.05, 0) is 31.9 Å². The summed E-state index contributed by atoms with van der Waals surface area (Å²) >= 11 is 0. The molecule has 1 fully saturated rings. The Morgan fingerprint density at radius 2 is 1.90 bits per heavy atom. The lowest BCUT2D eigenvalue weighted by molar-refractivity contribution is 0.0528. The zero-order valence-electron chi connectivity index (χ0n) is 16.4. The number of hydrogen-bond donors (Lipinski definition) is 2. The lowest BCUT2D eigenvalue weighted by Gasteiger charge is -2.29. The monoisotopic (exact) mass is 395 g/mol. The average Bonchev–Trinajstić information content (AvgIpc) is 3.12. The molecule has 6 nitrogen and oxygen atoms in total. The zero-order chi connectivity index (χ0) is 20.4. The molecule has 0 bridgehead atoms. The Balaban J connectivity index is 1.86. The Hall–Kier alpha value is -2.83. The first-order chi connectivity index (χ1) is 14.1. The van der Waals surface area contributed by atoms with E-state index in [9.17, 15) is 15.0 Å². The van der Waals surface area contributed by atoms with E-state index in [2.05, 4.69) is 4.90 Å². The summed E-state index contributed by atoms with van der Waals surface area (Å²) in [6.07, 6.45) is 1.12. The molecule has 6 heteroatoms. The van der Waals surface area contributed by atoms with Gasteiger partial charge < -0.3 is 19.4 Å². The molecule has 0 saturated carbocycles. The molecular weight excluding hydrogens is 370 g/mol. The van der Waals surface area contributed by atoms with Gasteiger partial charge in [0.05, 0.1) is 12.7 Å². The van der Waals surface area contributed by atoms with Crippen molar-refractivity contribution in [2.45, 2.75) is 32.4 Å². The first-order valence-corrected chi connectivity index (χ1v) is 9.98. The van der Waals surface area contributed by atoms with Gasteiger partial charge in [-0.1, -0.05) is 30.3 Å². The van der Waals surface area contributed by atoms with Crippen LogP contribution >= 0.6 is 0 Å². The van der Waals surface area contributed by atoms with Gasteiger partial charge in [0.25, 0.3) is 0 Å². The fraction of sp³-hybridized carbons (Fsp3) is 0.348. The maximum Gasteiger partial charge on any atom is 0.342 e. The zero-order valence-corrected chi connectivity index (χ0v) is 16.4. The van der Waals surface area contributed by atoms with Crippen molar-refractivity contribution in [3.05, 3.63) is 53.6 Å². The normalized spacial score (nSPS) is 15.7. The van der Waals surface area contributed by atoms with E-state index in [-0.39, 0.29) is 18.5 Å². The fourth-order valence-corrected chi connectivity index (χ4v) is 3.90. The molecule has 1 aliphatic heterocycles. The van der Waals surface area contributed by atoms with E-state index in [4.69, 9.17) is 9.15 Å². The number of phenols is 1. The number of nitrogens with zero attached hydrogens (tertiary/aromatic N) is 1. The molecule has 0 spiro atoms. The molecule has 2 aromatic carbocycles. The first-order valence-electron chi connectivity index (χ1n) is 9.98. The van der Waals surface area contributed by atoms with Gasteiger partial charge in [0.2, 0.25) is 0 Å². The van der Waals surface area contributed by atoms with Gasteiger partial charge >= 0.3 is 5.97 Å². The second-order valence-electron chi connectivity index (χ2n) is 7.34. The molecule has 1 aliphatic rings. The molecular formula is C23H25NO5. The highest BCUT2D eigenvalue weighted by molar-refractivity contribution is 6.10. The number of fused-ring (bicyclic) bond motifs is 1. The predicted molar refractivity (Wildman–Crippen MR) is 110 cm³/mol. The van der Waals surface area contributed by atoms with Crippen LogP contribution in [0, 0.1) is 0 Å². The number of esters is 1. The van der Waals surface area contributed by atoms with Gasteiger partial charge in [-0.2, -0.15) is 0 Å². The highest BCUT2D eigenvalue weighted by atomic mass is 16.5. The van der Waals surface area contributed by atoms with Crippen LogP contribution in [-0.4, -0.2) is 46.9 Å². The molecule has 2 heterocycles. The first kappa shape index (κ1) is 19.5. The lowest BCUT2D eigenvalue weighted by atomic mass is 9.99. The molecule has 2 N–H and O–H groups in total. The minimum Gasteiger partial charge on any atom is -0.508 e.